The molecule has 3 unspecified atom stereocenters. The summed E-state index contributed by atoms with van der Waals surface area (Å²) in [5, 5.41) is 11.0. The fourth-order valence-electron chi connectivity index (χ4n) is 3.94. The molecule has 16 heteroatoms. The lowest BCUT2D eigenvalue weighted by molar-refractivity contribution is -0.124. The van der Waals surface area contributed by atoms with E-state index in [2.05, 4.69) is 15.7 Å². The summed E-state index contributed by atoms with van der Waals surface area (Å²) in [4.78, 5) is 73.4. The highest BCUT2D eigenvalue weighted by molar-refractivity contribution is 7.72. The van der Waals surface area contributed by atoms with Gasteiger partial charge in [0.2, 0.25) is 5.91 Å². The van der Waals surface area contributed by atoms with Crippen LogP contribution >= 0.6 is 15.2 Å². The SMILES string of the molecule is CCC(C)C(NC(=O)OCc1ccccc1)C(=O)NC(/C=N/N(C)CC(=O)CCC(C)(P(=O)(O)O)P(=O)(O)O)CC(C)C. The molecular weight excluding hydrogens is 602 g/mol. The van der Waals surface area contributed by atoms with E-state index in [0.29, 0.717) is 12.8 Å². The normalized spacial score (nSPS) is 14.7. The zero-order valence-electron chi connectivity index (χ0n) is 25.5. The molecule has 244 valence electrons. The van der Waals surface area contributed by atoms with Crippen molar-refractivity contribution in [3.8, 4) is 0 Å². The fourth-order valence-corrected chi connectivity index (χ4v) is 6.10. The van der Waals surface area contributed by atoms with Gasteiger partial charge in [0.05, 0.1) is 12.6 Å². The lowest BCUT2D eigenvalue weighted by Crippen LogP contribution is -2.53. The highest BCUT2D eigenvalue weighted by Crippen LogP contribution is 2.70. The number of alkyl carbamates (subject to hydrolysis) is 1. The highest BCUT2D eigenvalue weighted by atomic mass is 31.2. The number of carbonyl (C=O) groups is 3. The number of rotatable bonds is 18. The molecule has 0 aromatic heterocycles. The van der Waals surface area contributed by atoms with E-state index in [9.17, 15) is 43.1 Å². The van der Waals surface area contributed by atoms with E-state index in [1.165, 1.54) is 18.3 Å². The van der Waals surface area contributed by atoms with Gasteiger partial charge in [-0.05, 0) is 37.2 Å². The van der Waals surface area contributed by atoms with E-state index in [4.69, 9.17) is 4.74 Å². The van der Waals surface area contributed by atoms with Gasteiger partial charge in [-0.2, -0.15) is 5.10 Å². The van der Waals surface area contributed by atoms with Crippen LogP contribution in [-0.2, 0) is 30.1 Å². The summed E-state index contributed by atoms with van der Waals surface area (Å²) in [6, 6.07) is 7.68. The monoisotopic (exact) mass is 648 g/mol. The second-order valence-corrected chi connectivity index (χ2v) is 15.7. The molecule has 1 aromatic carbocycles. The third-order valence-electron chi connectivity index (χ3n) is 7.02. The molecule has 0 saturated heterocycles. The minimum atomic E-state index is -5.23. The number of Topliss-reactive ketones (excluding diaryl/α,β-unsaturated/α-hetero) is 1. The first-order valence-corrected chi connectivity index (χ1v) is 17.2. The molecule has 43 heavy (non-hydrogen) atoms. The fraction of sp³-hybridized carbons (Fsp3) is 0.630. The molecule has 0 fully saturated rings. The maximum absolute atomic E-state index is 13.3. The average molecular weight is 649 g/mol. The summed E-state index contributed by atoms with van der Waals surface area (Å²) < 4.78 is 28.8. The third kappa shape index (κ3) is 12.9. The van der Waals surface area contributed by atoms with Gasteiger partial charge >= 0.3 is 21.3 Å². The zero-order valence-corrected chi connectivity index (χ0v) is 27.3. The summed E-state index contributed by atoms with van der Waals surface area (Å²) in [5.74, 6) is -1.05. The number of carbonyl (C=O) groups excluding carboxylic acids is 3. The van der Waals surface area contributed by atoms with Crippen molar-refractivity contribution in [1.82, 2.24) is 15.6 Å². The Hall–Kier alpha value is -2.60. The number of ketones is 1. The zero-order chi connectivity index (χ0) is 33.0. The van der Waals surface area contributed by atoms with Crippen LogP contribution in [0.1, 0.15) is 65.9 Å². The molecule has 3 atom stereocenters. The Balaban J connectivity index is 2.86. The van der Waals surface area contributed by atoms with E-state index in [-0.39, 0.29) is 25.0 Å². The van der Waals surface area contributed by atoms with E-state index < -0.39 is 62.8 Å². The standard InChI is InChI=1S/C27H46N4O10P2/c1-7-20(4)24(30-26(34)41-18-21-11-9-8-10-12-21)25(33)29-22(15-19(2)3)16-28-31(6)17-23(32)13-14-27(5,42(35,36)37)43(38,39)40/h8-12,16,19-20,22,24H,7,13-15,17-18H2,1-6H3,(H,29,33)(H,30,34)(H2,35,36,37)(H2,38,39,40)/b28-16+. The van der Waals surface area contributed by atoms with Crippen molar-refractivity contribution in [1.29, 1.82) is 0 Å². The molecule has 0 spiro atoms. The van der Waals surface area contributed by atoms with E-state index >= 15 is 0 Å². The van der Waals surface area contributed by atoms with Crippen LogP contribution in [0.25, 0.3) is 0 Å². The van der Waals surface area contributed by atoms with Crippen LogP contribution in [-0.4, -0.2) is 79.2 Å². The Labute approximate surface area is 253 Å². The molecule has 0 bridgehead atoms. The van der Waals surface area contributed by atoms with Crippen LogP contribution in [0.15, 0.2) is 35.4 Å². The van der Waals surface area contributed by atoms with Crippen LogP contribution in [0.3, 0.4) is 0 Å². The Morgan fingerprint density at radius 2 is 1.63 bits per heavy atom. The highest BCUT2D eigenvalue weighted by Gasteiger charge is 2.55. The van der Waals surface area contributed by atoms with E-state index in [1.54, 1.807) is 0 Å². The van der Waals surface area contributed by atoms with Crippen molar-refractivity contribution in [3.05, 3.63) is 35.9 Å². The molecular formula is C27H46N4O10P2. The first kappa shape index (κ1) is 38.4. The molecule has 2 amide bonds. The van der Waals surface area contributed by atoms with Crippen molar-refractivity contribution in [2.24, 2.45) is 16.9 Å². The lowest BCUT2D eigenvalue weighted by atomic mass is 9.97. The number of hydrazone groups is 1. The molecule has 6 N–H and O–H groups in total. The number of ether oxygens (including phenoxy) is 1. The molecule has 0 heterocycles. The maximum atomic E-state index is 13.3. The topological polar surface area (TPSA) is 215 Å². The van der Waals surface area contributed by atoms with E-state index in [0.717, 1.165) is 12.5 Å². The number of nitrogens with one attached hydrogen (secondary N) is 2. The van der Waals surface area contributed by atoms with Gasteiger partial charge in [-0.1, -0.05) is 64.4 Å². The van der Waals surface area contributed by atoms with Gasteiger partial charge in [-0.15, -0.1) is 0 Å². The minimum absolute atomic E-state index is 0.0487. The summed E-state index contributed by atoms with van der Waals surface area (Å²) in [5.41, 5.74) is 0.801. The molecule has 0 radical (unpaired) electrons. The summed E-state index contributed by atoms with van der Waals surface area (Å²) >= 11 is 0. The number of nitrogens with zero attached hydrogens (tertiary/aromatic N) is 2. The second kappa shape index (κ2) is 17.0. The van der Waals surface area contributed by atoms with Crippen molar-refractivity contribution in [3.63, 3.8) is 0 Å². The van der Waals surface area contributed by atoms with Crippen molar-refractivity contribution < 1.29 is 47.8 Å². The Kier molecular flexibility index (Phi) is 15.2. The van der Waals surface area contributed by atoms with E-state index in [1.807, 2.05) is 58.0 Å². The predicted molar refractivity (Wildman–Crippen MR) is 162 cm³/mol. The van der Waals surface area contributed by atoms with Crippen LogP contribution in [0.4, 0.5) is 4.79 Å². The largest absolute Gasteiger partial charge is 0.445 e. The van der Waals surface area contributed by atoms with Crippen LogP contribution < -0.4 is 10.6 Å². The first-order chi connectivity index (χ1) is 19.8. The van der Waals surface area contributed by atoms with Crippen molar-refractivity contribution >= 4 is 39.2 Å². The molecule has 1 rings (SSSR count). The van der Waals surface area contributed by atoms with Gasteiger partial charge in [0.1, 0.15) is 12.6 Å². The Bertz CT molecular complexity index is 1160. The maximum Gasteiger partial charge on any atom is 0.408 e. The van der Waals surface area contributed by atoms with Crippen LogP contribution in [0.2, 0.25) is 0 Å². The Morgan fingerprint density at radius 1 is 1.05 bits per heavy atom. The van der Waals surface area contributed by atoms with Gasteiger partial charge in [-0.25, -0.2) is 4.79 Å². The number of benzene rings is 1. The molecule has 0 aliphatic carbocycles. The molecule has 0 aliphatic heterocycles. The van der Waals surface area contributed by atoms with Gasteiger partial charge in [0, 0.05) is 19.7 Å². The molecule has 0 saturated carbocycles. The summed E-state index contributed by atoms with van der Waals surface area (Å²) in [6.45, 7) is 8.12. The number of amides is 2. The predicted octanol–water partition coefficient (Wildman–Crippen LogP) is 3.20. The molecule has 1 aromatic rings. The number of hydrogen-bond donors (Lipinski definition) is 6. The Morgan fingerprint density at radius 3 is 2.14 bits per heavy atom. The third-order valence-corrected chi connectivity index (χ3v) is 11.5. The van der Waals surface area contributed by atoms with Gasteiger partial charge < -0.3 is 34.9 Å². The summed E-state index contributed by atoms with van der Waals surface area (Å²) in [6.07, 6.45) is 0.593. The molecule has 14 nitrogen and oxygen atoms in total. The van der Waals surface area contributed by atoms with Gasteiger partial charge in [0.15, 0.2) is 10.7 Å². The number of likely N-dealkylation sites (N-methyl/N-ethyl adjacent to an activating group) is 1. The van der Waals surface area contributed by atoms with Crippen molar-refractivity contribution in [2.75, 3.05) is 13.6 Å². The second-order valence-electron chi connectivity index (χ2n) is 11.2. The van der Waals surface area contributed by atoms with Gasteiger partial charge in [0.25, 0.3) is 0 Å². The van der Waals surface area contributed by atoms with Crippen LogP contribution in [0.5, 0.6) is 0 Å². The van der Waals surface area contributed by atoms with Crippen molar-refractivity contribution in [2.45, 2.75) is 83.9 Å². The van der Waals surface area contributed by atoms with Gasteiger partial charge in [-0.3, -0.25) is 23.7 Å². The number of hydrogen-bond acceptors (Lipinski definition) is 8. The van der Waals surface area contributed by atoms with Crippen LogP contribution in [0, 0.1) is 11.8 Å². The first-order valence-electron chi connectivity index (χ1n) is 14.0. The minimum Gasteiger partial charge on any atom is -0.445 e. The smallest absolute Gasteiger partial charge is 0.408 e. The summed E-state index contributed by atoms with van der Waals surface area (Å²) in [7, 11) is -8.99. The molecule has 0 aliphatic rings. The lowest BCUT2D eigenvalue weighted by Gasteiger charge is -2.30. The average Bonchev–Trinajstić information content (AvgIpc) is 2.90. The quantitative estimate of drug-likeness (QED) is 0.0772.